The molecule has 0 radical (unpaired) electrons. The van der Waals surface area contributed by atoms with E-state index in [1.54, 1.807) is 4.90 Å². The molecule has 3 rings (SSSR count). The summed E-state index contributed by atoms with van der Waals surface area (Å²) in [5.74, 6) is -0.0611. The molecule has 0 saturated heterocycles. The second-order valence-electron chi connectivity index (χ2n) is 4.97. The van der Waals surface area contributed by atoms with Crippen molar-refractivity contribution in [3.63, 3.8) is 0 Å². The monoisotopic (exact) mass is 256 g/mol. The number of benzene rings is 1. The fraction of sp³-hybridized carbons (Fsp3) is 0.333. The van der Waals surface area contributed by atoms with Crippen LogP contribution in [-0.4, -0.2) is 18.4 Å². The highest BCUT2D eigenvalue weighted by Crippen LogP contribution is 2.31. The minimum absolute atomic E-state index is 0.00366. The normalized spacial score (nSPS) is 21.8. The summed E-state index contributed by atoms with van der Waals surface area (Å²) in [5, 5.41) is 2.80. The third-order valence-electron chi connectivity index (χ3n) is 3.65. The molecule has 0 aromatic heterocycles. The zero-order valence-electron chi connectivity index (χ0n) is 10.6. The fourth-order valence-corrected chi connectivity index (χ4v) is 2.67. The molecule has 2 amide bonds. The second kappa shape index (κ2) is 4.88. The smallest absolute Gasteiger partial charge is 0.244 e. The van der Waals surface area contributed by atoms with Crippen molar-refractivity contribution in [1.29, 1.82) is 0 Å². The number of hydrogen-bond acceptors (Lipinski definition) is 2. The third kappa shape index (κ3) is 2.26. The highest BCUT2D eigenvalue weighted by atomic mass is 16.2. The third-order valence-corrected chi connectivity index (χ3v) is 3.65. The number of para-hydroxylation sites is 2. The molecule has 1 aromatic rings. The molecule has 2 aliphatic rings. The van der Waals surface area contributed by atoms with Gasteiger partial charge in [0.05, 0.1) is 11.4 Å². The SMILES string of the molecule is O=C1CN(C(=O)[C@@H]2CC=CCC2)c2ccccc2N1. The van der Waals surface area contributed by atoms with Gasteiger partial charge in [-0.3, -0.25) is 9.59 Å². The molecule has 98 valence electrons. The first-order valence-corrected chi connectivity index (χ1v) is 6.61. The van der Waals surface area contributed by atoms with Crippen LogP contribution < -0.4 is 10.2 Å². The number of carbonyl (C=O) groups excluding carboxylic acids is 2. The van der Waals surface area contributed by atoms with Gasteiger partial charge < -0.3 is 10.2 Å². The van der Waals surface area contributed by atoms with Crippen molar-refractivity contribution in [3.05, 3.63) is 36.4 Å². The molecule has 1 aromatic carbocycles. The Balaban J connectivity index is 1.90. The lowest BCUT2D eigenvalue weighted by atomic mass is 9.92. The maximum Gasteiger partial charge on any atom is 0.244 e. The first-order valence-electron chi connectivity index (χ1n) is 6.61. The number of anilines is 2. The van der Waals surface area contributed by atoms with Crippen molar-refractivity contribution in [3.8, 4) is 0 Å². The van der Waals surface area contributed by atoms with Crippen molar-refractivity contribution < 1.29 is 9.59 Å². The minimum atomic E-state index is -0.126. The lowest BCUT2D eigenvalue weighted by Crippen LogP contribution is -2.45. The molecular formula is C15H16N2O2. The van der Waals surface area contributed by atoms with Gasteiger partial charge in [-0.15, -0.1) is 0 Å². The number of hydrogen-bond donors (Lipinski definition) is 1. The largest absolute Gasteiger partial charge is 0.323 e. The summed E-state index contributed by atoms with van der Waals surface area (Å²) in [6.07, 6.45) is 6.76. The first-order chi connectivity index (χ1) is 9.25. The van der Waals surface area contributed by atoms with E-state index >= 15 is 0 Å². The van der Waals surface area contributed by atoms with Gasteiger partial charge in [0.1, 0.15) is 6.54 Å². The molecular weight excluding hydrogens is 240 g/mol. The van der Waals surface area contributed by atoms with Crippen molar-refractivity contribution in [2.24, 2.45) is 5.92 Å². The molecule has 1 heterocycles. The summed E-state index contributed by atoms with van der Waals surface area (Å²) in [5.41, 5.74) is 1.53. The number of nitrogens with one attached hydrogen (secondary N) is 1. The van der Waals surface area contributed by atoms with E-state index in [2.05, 4.69) is 17.5 Å². The predicted molar refractivity (Wildman–Crippen MR) is 73.9 cm³/mol. The number of carbonyl (C=O) groups is 2. The number of nitrogens with zero attached hydrogens (tertiary/aromatic N) is 1. The molecule has 1 atom stereocenters. The van der Waals surface area contributed by atoms with Crippen LogP contribution in [-0.2, 0) is 9.59 Å². The molecule has 0 unspecified atom stereocenters. The predicted octanol–water partition coefficient (Wildman–Crippen LogP) is 2.33. The Labute approximate surface area is 112 Å². The lowest BCUT2D eigenvalue weighted by Gasteiger charge is -2.32. The van der Waals surface area contributed by atoms with Crippen molar-refractivity contribution in [2.75, 3.05) is 16.8 Å². The summed E-state index contributed by atoms with van der Waals surface area (Å²) >= 11 is 0. The number of rotatable bonds is 1. The highest BCUT2D eigenvalue weighted by Gasteiger charge is 2.31. The standard InChI is InChI=1S/C15H16N2O2/c18-14-10-17(13-9-5-4-8-12(13)16-14)15(19)11-6-2-1-3-7-11/h1-2,4-5,8-9,11H,3,6-7,10H2,(H,16,18)/t11-/m1/s1. The summed E-state index contributed by atoms with van der Waals surface area (Å²) < 4.78 is 0. The van der Waals surface area contributed by atoms with E-state index in [0.29, 0.717) is 0 Å². The summed E-state index contributed by atoms with van der Waals surface area (Å²) in [6.45, 7) is 0.121. The minimum Gasteiger partial charge on any atom is -0.323 e. The van der Waals surface area contributed by atoms with E-state index < -0.39 is 0 Å². The zero-order chi connectivity index (χ0) is 13.2. The van der Waals surface area contributed by atoms with E-state index in [1.807, 2.05) is 24.3 Å². The maximum atomic E-state index is 12.6. The molecule has 19 heavy (non-hydrogen) atoms. The lowest BCUT2D eigenvalue weighted by molar-refractivity contribution is -0.124. The summed E-state index contributed by atoms with van der Waals surface area (Å²) in [6, 6.07) is 7.45. The van der Waals surface area contributed by atoms with Crippen molar-refractivity contribution in [2.45, 2.75) is 19.3 Å². The summed E-state index contributed by atoms with van der Waals surface area (Å²) in [7, 11) is 0. The molecule has 1 N–H and O–H groups in total. The molecule has 1 aliphatic carbocycles. The fourth-order valence-electron chi connectivity index (χ4n) is 2.67. The average Bonchev–Trinajstić information content (AvgIpc) is 2.46. The van der Waals surface area contributed by atoms with E-state index in [-0.39, 0.29) is 24.3 Å². The van der Waals surface area contributed by atoms with Gasteiger partial charge >= 0.3 is 0 Å². The number of fused-ring (bicyclic) bond motifs is 1. The Morgan fingerprint density at radius 1 is 1.26 bits per heavy atom. The van der Waals surface area contributed by atoms with E-state index in [4.69, 9.17) is 0 Å². The average molecular weight is 256 g/mol. The first kappa shape index (κ1) is 12.0. The van der Waals surface area contributed by atoms with E-state index in [1.165, 1.54) is 0 Å². The Hall–Kier alpha value is -2.10. The van der Waals surface area contributed by atoms with Crippen LogP contribution in [0.5, 0.6) is 0 Å². The summed E-state index contributed by atoms with van der Waals surface area (Å²) in [4.78, 5) is 25.9. The van der Waals surface area contributed by atoms with E-state index in [0.717, 1.165) is 30.6 Å². The van der Waals surface area contributed by atoms with Gasteiger partial charge in [-0.25, -0.2) is 0 Å². The van der Waals surface area contributed by atoms with Gasteiger partial charge in [-0.1, -0.05) is 24.3 Å². The zero-order valence-corrected chi connectivity index (χ0v) is 10.6. The number of amides is 2. The number of allylic oxidation sites excluding steroid dienone is 2. The highest BCUT2D eigenvalue weighted by molar-refractivity contribution is 6.10. The van der Waals surface area contributed by atoms with Gasteiger partial charge in [-0.05, 0) is 31.4 Å². The van der Waals surface area contributed by atoms with Gasteiger partial charge in [0.15, 0.2) is 0 Å². The van der Waals surface area contributed by atoms with Crippen LogP contribution in [0.4, 0.5) is 11.4 Å². The van der Waals surface area contributed by atoms with Crippen LogP contribution in [0.3, 0.4) is 0 Å². The van der Waals surface area contributed by atoms with Gasteiger partial charge in [0, 0.05) is 5.92 Å². The van der Waals surface area contributed by atoms with E-state index in [9.17, 15) is 9.59 Å². The topological polar surface area (TPSA) is 49.4 Å². The molecule has 0 spiro atoms. The van der Waals surface area contributed by atoms with Crippen LogP contribution in [0, 0.1) is 5.92 Å². The quantitative estimate of drug-likeness (QED) is 0.784. The van der Waals surface area contributed by atoms with Gasteiger partial charge in [0.25, 0.3) is 0 Å². The van der Waals surface area contributed by atoms with Gasteiger partial charge in [-0.2, -0.15) is 0 Å². The molecule has 0 saturated carbocycles. The van der Waals surface area contributed by atoms with Gasteiger partial charge in [0.2, 0.25) is 11.8 Å². The molecule has 0 bridgehead atoms. The van der Waals surface area contributed by atoms with Crippen LogP contribution in [0.1, 0.15) is 19.3 Å². The molecule has 0 fully saturated rings. The van der Waals surface area contributed by atoms with Crippen molar-refractivity contribution >= 4 is 23.2 Å². The van der Waals surface area contributed by atoms with Crippen LogP contribution in [0.25, 0.3) is 0 Å². The second-order valence-corrected chi connectivity index (χ2v) is 4.97. The van der Waals surface area contributed by atoms with Crippen LogP contribution in [0.2, 0.25) is 0 Å². The van der Waals surface area contributed by atoms with Crippen LogP contribution >= 0.6 is 0 Å². The Bertz CT molecular complexity index is 551. The molecule has 1 aliphatic heterocycles. The Morgan fingerprint density at radius 2 is 2.11 bits per heavy atom. The van der Waals surface area contributed by atoms with Crippen molar-refractivity contribution in [1.82, 2.24) is 0 Å². The Kier molecular flexibility index (Phi) is 3.07. The molecule has 4 heteroatoms. The van der Waals surface area contributed by atoms with Crippen LogP contribution in [0.15, 0.2) is 36.4 Å². The molecule has 4 nitrogen and oxygen atoms in total. The Morgan fingerprint density at radius 3 is 2.89 bits per heavy atom. The maximum absolute atomic E-state index is 12.6.